The molecule has 0 saturated carbocycles. The molecule has 0 unspecified atom stereocenters. The Morgan fingerprint density at radius 2 is 2.55 bits per heavy atom. The number of aliphatic imine (C=N–C) groups is 1. The minimum atomic E-state index is 0.0635. The van der Waals surface area contributed by atoms with Gasteiger partial charge in [0.25, 0.3) is 0 Å². The Kier molecular flexibility index (Phi) is 2.98. The van der Waals surface area contributed by atoms with Crippen molar-refractivity contribution in [2.75, 3.05) is 18.5 Å². The van der Waals surface area contributed by atoms with Crippen LogP contribution in [0, 0.1) is 0 Å². The van der Waals surface area contributed by atoms with Crippen molar-refractivity contribution in [1.82, 2.24) is 8.43 Å². The van der Waals surface area contributed by atoms with E-state index in [0.29, 0.717) is 6.54 Å². The summed E-state index contributed by atoms with van der Waals surface area (Å²) in [7, 11) is 2.04. The monoisotopic (exact) mass is 267 g/mol. The Hall–Kier alpha value is -0.460. The summed E-state index contributed by atoms with van der Waals surface area (Å²) in [5.74, 6) is 1.02. The number of hydrogen-bond acceptors (Lipinski definition) is 4. The van der Waals surface area contributed by atoms with Gasteiger partial charge in [-0.2, -0.15) is 0 Å². The number of alkyl halides is 1. The number of halogens is 1. The quantitative estimate of drug-likeness (QED) is 0.308. The van der Waals surface area contributed by atoms with Gasteiger partial charge < -0.3 is 0 Å². The molecule has 1 heterocycles. The van der Waals surface area contributed by atoms with E-state index >= 15 is 0 Å². The molecule has 0 aromatic rings. The number of hydrogen-bond donors (Lipinski definition) is 2. The zero-order chi connectivity index (χ0) is 8.27. The van der Waals surface area contributed by atoms with E-state index in [4.69, 9.17) is 5.73 Å². The molecule has 0 fully saturated rings. The Morgan fingerprint density at radius 3 is 3.09 bits per heavy atom. The Balaban J connectivity index is 2.68. The van der Waals surface area contributed by atoms with Crippen molar-refractivity contribution >= 4 is 6.34 Å². The van der Waals surface area contributed by atoms with Crippen LogP contribution in [0.25, 0.3) is 0 Å². The fraction of sp³-hybridized carbons (Fsp3) is 0.500. The summed E-state index contributed by atoms with van der Waals surface area (Å²) in [4.78, 5) is 6.18. The first-order valence-electron chi connectivity index (χ1n) is 3.22. The van der Waals surface area contributed by atoms with E-state index in [1.807, 2.05) is 7.05 Å². The van der Waals surface area contributed by atoms with Crippen LogP contribution >= 0.6 is 0 Å². The number of nitrogens with two attached hydrogens (primary N) is 1. The Bertz CT molecular complexity index is 199. The molecule has 3 N–H and O–H groups in total. The first kappa shape index (κ1) is 8.63. The standard InChI is InChI=1S/C6H12IN4/c1-7-11(2)6-5(8)3-9-4-10-6/h4H,3,8H2,1-2H3,(H,9,10)/q-1. The topological polar surface area (TPSA) is 53.6 Å². The first-order valence-corrected chi connectivity index (χ1v) is 6.35. The molecule has 0 radical (unpaired) electrons. The maximum absolute atomic E-state index is 5.73. The van der Waals surface area contributed by atoms with Gasteiger partial charge in [-0.25, -0.2) is 0 Å². The Labute approximate surface area is 77.2 Å². The summed E-state index contributed by atoms with van der Waals surface area (Å²) >= 11 is 0.0635. The van der Waals surface area contributed by atoms with Crippen LogP contribution in [-0.2, 0) is 0 Å². The van der Waals surface area contributed by atoms with Crippen LogP contribution < -0.4 is 32.5 Å². The zero-order valence-electron chi connectivity index (χ0n) is 6.63. The second kappa shape index (κ2) is 3.80. The van der Waals surface area contributed by atoms with Gasteiger partial charge in [-0.15, -0.1) is 0 Å². The third kappa shape index (κ3) is 1.98. The fourth-order valence-corrected chi connectivity index (χ4v) is 1.72. The molecule has 11 heavy (non-hydrogen) atoms. The summed E-state index contributed by atoms with van der Waals surface area (Å²) in [5.41, 5.74) is 6.56. The molecule has 5 heteroatoms. The number of nitrogens with zero attached hydrogens (tertiary/aromatic N) is 2. The van der Waals surface area contributed by atoms with Crippen molar-refractivity contribution < 1.29 is 21.5 Å². The van der Waals surface area contributed by atoms with E-state index in [1.54, 1.807) is 6.34 Å². The molecule has 64 valence electrons. The molecule has 0 aliphatic carbocycles. The van der Waals surface area contributed by atoms with Crippen molar-refractivity contribution in [2.45, 2.75) is 0 Å². The third-order valence-corrected chi connectivity index (χ3v) is 3.35. The summed E-state index contributed by atoms with van der Waals surface area (Å²) in [6, 6.07) is 0. The van der Waals surface area contributed by atoms with Crippen LogP contribution in [0.2, 0.25) is 0 Å². The summed E-state index contributed by atoms with van der Waals surface area (Å²) in [6.45, 7) is 0.621. The molecule has 0 aromatic heterocycles. The fourth-order valence-electron chi connectivity index (χ4n) is 0.790. The second-order valence-corrected chi connectivity index (χ2v) is 4.55. The second-order valence-electron chi connectivity index (χ2n) is 2.13. The van der Waals surface area contributed by atoms with Gasteiger partial charge in [0, 0.05) is 0 Å². The molecule has 0 amide bonds. The summed E-state index contributed by atoms with van der Waals surface area (Å²) in [5, 5.41) is 3.04. The summed E-state index contributed by atoms with van der Waals surface area (Å²) in [6.07, 6.45) is 1.70. The van der Waals surface area contributed by atoms with Gasteiger partial charge in [-0.1, -0.05) is 0 Å². The molecular formula is C6H12IN4-. The molecule has 1 rings (SSSR count). The average molecular weight is 267 g/mol. The first-order chi connectivity index (χ1) is 5.25. The van der Waals surface area contributed by atoms with Gasteiger partial charge in [0.05, 0.1) is 0 Å². The van der Waals surface area contributed by atoms with E-state index < -0.39 is 0 Å². The average Bonchev–Trinajstić information content (AvgIpc) is 2.04. The van der Waals surface area contributed by atoms with Crippen LogP contribution in [0.1, 0.15) is 0 Å². The molecule has 0 atom stereocenters. The molecule has 1 aliphatic heterocycles. The molecular weight excluding hydrogens is 255 g/mol. The molecule has 0 bridgehead atoms. The van der Waals surface area contributed by atoms with Gasteiger partial charge in [0.1, 0.15) is 0 Å². The normalized spacial score (nSPS) is 16.9. The van der Waals surface area contributed by atoms with Gasteiger partial charge >= 0.3 is 77.0 Å². The van der Waals surface area contributed by atoms with Crippen molar-refractivity contribution in [2.24, 2.45) is 10.7 Å². The van der Waals surface area contributed by atoms with Crippen LogP contribution in [0.3, 0.4) is 0 Å². The van der Waals surface area contributed by atoms with E-state index in [2.05, 4.69) is 18.4 Å². The van der Waals surface area contributed by atoms with Crippen LogP contribution in [0.5, 0.6) is 0 Å². The molecule has 4 nitrogen and oxygen atoms in total. The SMILES string of the molecule is C[I-]N(C)C1=C(N)CN=CN1. The summed E-state index contributed by atoms with van der Waals surface area (Å²) < 4.78 is 2.17. The maximum atomic E-state index is 5.73. The molecule has 1 aliphatic rings. The van der Waals surface area contributed by atoms with Crippen molar-refractivity contribution in [3.05, 3.63) is 11.5 Å². The minimum absolute atomic E-state index is 0.0635. The molecule has 0 saturated heterocycles. The van der Waals surface area contributed by atoms with E-state index in [9.17, 15) is 0 Å². The molecule has 0 aromatic carbocycles. The van der Waals surface area contributed by atoms with E-state index in [-0.39, 0.29) is 21.5 Å². The Morgan fingerprint density at radius 1 is 1.82 bits per heavy atom. The number of rotatable bonds is 2. The van der Waals surface area contributed by atoms with Crippen LogP contribution in [0.4, 0.5) is 0 Å². The van der Waals surface area contributed by atoms with Crippen LogP contribution in [0.15, 0.2) is 16.5 Å². The van der Waals surface area contributed by atoms with Gasteiger partial charge in [-0.05, 0) is 0 Å². The van der Waals surface area contributed by atoms with Crippen molar-refractivity contribution in [3.8, 4) is 0 Å². The van der Waals surface area contributed by atoms with Crippen molar-refractivity contribution in [1.29, 1.82) is 0 Å². The molecule has 0 spiro atoms. The van der Waals surface area contributed by atoms with Gasteiger partial charge in [-0.3, -0.25) is 0 Å². The van der Waals surface area contributed by atoms with Gasteiger partial charge in [0.15, 0.2) is 0 Å². The van der Waals surface area contributed by atoms with Crippen molar-refractivity contribution in [3.63, 3.8) is 0 Å². The van der Waals surface area contributed by atoms with Gasteiger partial charge in [0.2, 0.25) is 0 Å². The zero-order valence-corrected chi connectivity index (χ0v) is 8.79. The van der Waals surface area contributed by atoms with Crippen LogP contribution in [-0.4, -0.2) is 28.0 Å². The predicted octanol–water partition coefficient (Wildman–Crippen LogP) is -3.69. The number of nitrogens with one attached hydrogen (secondary N) is 1. The van der Waals surface area contributed by atoms with E-state index in [0.717, 1.165) is 11.5 Å². The van der Waals surface area contributed by atoms with E-state index in [1.165, 1.54) is 0 Å². The predicted molar refractivity (Wildman–Crippen MR) is 41.4 cm³/mol. The third-order valence-electron chi connectivity index (χ3n) is 1.42.